The average molecular weight is 350 g/mol. The van der Waals surface area contributed by atoms with E-state index < -0.39 is 0 Å². The Morgan fingerprint density at radius 1 is 1.00 bits per heavy atom. The molecule has 1 aliphatic rings. The Hall–Kier alpha value is -2.62. The van der Waals surface area contributed by atoms with Crippen LogP contribution in [-0.2, 0) is 9.59 Å². The standard InChI is InChI=1S/C22H26N2O2/c1-14-6-9-19(10-7-14)24(18(5)26)22-13-16(3)23(17(4)25)21-11-8-15(2)12-20(21)22/h6-12,16,22H,13H2,1-5H3/t16-,22-/m1/s1. The number of fused-ring (bicyclic) bond motifs is 1. The van der Waals surface area contributed by atoms with E-state index >= 15 is 0 Å². The quantitative estimate of drug-likeness (QED) is 0.798. The van der Waals surface area contributed by atoms with Gasteiger partial charge in [0.05, 0.1) is 6.04 Å². The highest BCUT2D eigenvalue weighted by atomic mass is 16.2. The fourth-order valence-corrected chi connectivity index (χ4v) is 3.96. The highest BCUT2D eigenvalue weighted by Gasteiger charge is 2.36. The fraction of sp³-hybridized carbons (Fsp3) is 0.364. The van der Waals surface area contributed by atoms with Crippen LogP contribution < -0.4 is 9.80 Å². The van der Waals surface area contributed by atoms with Gasteiger partial charge in [0.25, 0.3) is 0 Å². The van der Waals surface area contributed by atoms with E-state index in [0.29, 0.717) is 6.42 Å². The van der Waals surface area contributed by atoms with Crippen molar-refractivity contribution in [3.8, 4) is 0 Å². The number of nitrogens with zero attached hydrogens (tertiary/aromatic N) is 2. The first-order chi connectivity index (χ1) is 12.3. The van der Waals surface area contributed by atoms with Gasteiger partial charge in [0.2, 0.25) is 11.8 Å². The van der Waals surface area contributed by atoms with Crippen LogP contribution >= 0.6 is 0 Å². The molecular weight excluding hydrogens is 324 g/mol. The molecule has 0 fully saturated rings. The van der Waals surface area contributed by atoms with Crippen molar-refractivity contribution in [1.29, 1.82) is 0 Å². The minimum atomic E-state index is -0.0873. The number of carbonyl (C=O) groups is 2. The summed E-state index contributed by atoms with van der Waals surface area (Å²) in [6.45, 7) is 9.33. The molecule has 1 aliphatic heterocycles. The van der Waals surface area contributed by atoms with Crippen molar-refractivity contribution in [3.05, 3.63) is 59.2 Å². The topological polar surface area (TPSA) is 40.6 Å². The molecule has 0 spiro atoms. The summed E-state index contributed by atoms with van der Waals surface area (Å²) in [4.78, 5) is 28.5. The van der Waals surface area contributed by atoms with E-state index in [1.165, 1.54) is 0 Å². The Kier molecular flexibility index (Phi) is 4.86. The lowest BCUT2D eigenvalue weighted by atomic mass is 9.89. The highest BCUT2D eigenvalue weighted by molar-refractivity contribution is 5.96. The van der Waals surface area contributed by atoms with Gasteiger partial charge in [-0.25, -0.2) is 0 Å². The van der Waals surface area contributed by atoms with Crippen LogP contribution in [-0.4, -0.2) is 17.9 Å². The SMILES string of the molecule is CC(=O)N1c2ccc(C)cc2[C@H](N(C(C)=O)c2ccc(C)cc2)C[C@H]1C. The molecule has 2 aromatic carbocycles. The Balaban J connectivity index is 2.15. The van der Waals surface area contributed by atoms with Gasteiger partial charge in [-0.2, -0.15) is 0 Å². The van der Waals surface area contributed by atoms with E-state index in [1.807, 2.05) is 67.0 Å². The van der Waals surface area contributed by atoms with Gasteiger partial charge < -0.3 is 9.80 Å². The van der Waals surface area contributed by atoms with Crippen LogP contribution in [0.2, 0.25) is 0 Å². The lowest BCUT2D eigenvalue weighted by molar-refractivity contribution is -0.117. The number of benzene rings is 2. The van der Waals surface area contributed by atoms with Crippen molar-refractivity contribution in [3.63, 3.8) is 0 Å². The molecular formula is C22H26N2O2. The maximum atomic E-state index is 12.6. The second-order valence-electron chi connectivity index (χ2n) is 7.28. The number of anilines is 2. The third-order valence-corrected chi connectivity index (χ3v) is 5.11. The molecule has 136 valence electrons. The van der Waals surface area contributed by atoms with Gasteiger partial charge in [0.1, 0.15) is 0 Å². The molecule has 26 heavy (non-hydrogen) atoms. The molecule has 0 aromatic heterocycles. The van der Waals surface area contributed by atoms with Crippen LogP contribution in [0, 0.1) is 13.8 Å². The van der Waals surface area contributed by atoms with Crippen molar-refractivity contribution in [2.45, 2.75) is 53.1 Å². The molecule has 0 N–H and O–H groups in total. The summed E-state index contributed by atoms with van der Waals surface area (Å²) < 4.78 is 0. The Bertz CT molecular complexity index is 842. The van der Waals surface area contributed by atoms with Crippen LogP contribution in [0.1, 0.15) is 49.9 Å². The predicted octanol–water partition coefficient (Wildman–Crippen LogP) is 4.54. The van der Waals surface area contributed by atoms with Crippen molar-refractivity contribution in [2.75, 3.05) is 9.80 Å². The highest BCUT2D eigenvalue weighted by Crippen LogP contribution is 2.42. The number of carbonyl (C=O) groups excluding carboxylic acids is 2. The zero-order valence-electron chi connectivity index (χ0n) is 16.1. The monoisotopic (exact) mass is 350 g/mol. The lowest BCUT2D eigenvalue weighted by Crippen LogP contribution is -2.46. The maximum absolute atomic E-state index is 12.6. The third-order valence-electron chi connectivity index (χ3n) is 5.11. The van der Waals surface area contributed by atoms with E-state index in [4.69, 9.17) is 0 Å². The smallest absolute Gasteiger partial charge is 0.224 e. The van der Waals surface area contributed by atoms with E-state index in [0.717, 1.165) is 28.1 Å². The maximum Gasteiger partial charge on any atom is 0.224 e. The van der Waals surface area contributed by atoms with Gasteiger partial charge in [-0.15, -0.1) is 0 Å². The Morgan fingerprint density at radius 2 is 1.62 bits per heavy atom. The summed E-state index contributed by atoms with van der Waals surface area (Å²) >= 11 is 0. The molecule has 0 radical (unpaired) electrons. The molecule has 0 aliphatic carbocycles. The van der Waals surface area contributed by atoms with Crippen molar-refractivity contribution >= 4 is 23.2 Å². The Labute approximate surface area is 155 Å². The second-order valence-corrected chi connectivity index (χ2v) is 7.28. The summed E-state index contributed by atoms with van der Waals surface area (Å²) in [7, 11) is 0. The van der Waals surface area contributed by atoms with Crippen LogP contribution in [0.25, 0.3) is 0 Å². The lowest BCUT2D eigenvalue weighted by Gasteiger charge is -2.43. The molecule has 2 aromatic rings. The molecule has 1 heterocycles. The van der Waals surface area contributed by atoms with Gasteiger partial charge in [0.15, 0.2) is 0 Å². The molecule has 3 rings (SSSR count). The largest absolute Gasteiger partial charge is 0.309 e. The first-order valence-corrected chi connectivity index (χ1v) is 9.06. The number of aryl methyl sites for hydroxylation is 2. The van der Waals surface area contributed by atoms with Gasteiger partial charge in [-0.05, 0) is 51.0 Å². The fourth-order valence-electron chi connectivity index (χ4n) is 3.96. The number of hydrogen-bond donors (Lipinski definition) is 0. The summed E-state index contributed by atoms with van der Waals surface area (Å²) in [5.74, 6) is 0.0422. The third kappa shape index (κ3) is 3.24. The minimum absolute atomic E-state index is 0.00906. The van der Waals surface area contributed by atoms with Gasteiger partial charge >= 0.3 is 0 Å². The van der Waals surface area contributed by atoms with E-state index in [2.05, 4.69) is 6.07 Å². The molecule has 0 unspecified atom stereocenters. The predicted molar refractivity (Wildman–Crippen MR) is 105 cm³/mol. The number of hydrogen-bond acceptors (Lipinski definition) is 2. The number of amides is 2. The van der Waals surface area contributed by atoms with Gasteiger partial charge in [-0.3, -0.25) is 9.59 Å². The van der Waals surface area contributed by atoms with Crippen LogP contribution in [0.15, 0.2) is 42.5 Å². The van der Waals surface area contributed by atoms with Gasteiger partial charge in [-0.1, -0.05) is 35.4 Å². The summed E-state index contributed by atoms with van der Waals surface area (Å²) in [6, 6.07) is 14.1. The van der Waals surface area contributed by atoms with Gasteiger partial charge in [0, 0.05) is 31.3 Å². The Morgan fingerprint density at radius 3 is 2.19 bits per heavy atom. The summed E-state index contributed by atoms with van der Waals surface area (Å²) in [5.41, 5.74) is 5.12. The molecule has 2 amide bonds. The summed E-state index contributed by atoms with van der Waals surface area (Å²) in [5, 5.41) is 0. The molecule has 4 heteroatoms. The number of rotatable bonds is 2. The zero-order chi connectivity index (χ0) is 19.0. The second kappa shape index (κ2) is 6.94. The van der Waals surface area contributed by atoms with Crippen LogP contribution in [0.3, 0.4) is 0 Å². The summed E-state index contributed by atoms with van der Waals surface area (Å²) in [6.07, 6.45) is 0.712. The molecule has 4 nitrogen and oxygen atoms in total. The molecule has 0 saturated heterocycles. The molecule has 0 saturated carbocycles. The average Bonchev–Trinajstić information content (AvgIpc) is 2.56. The van der Waals surface area contributed by atoms with Crippen molar-refractivity contribution in [1.82, 2.24) is 0 Å². The molecule has 2 atom stereocenters. The van der Waals surface area contributed by atoms with E-state index in [-0.39, 0.29) is 23.9 Å². The van der Waals surface area contributed by atoms with E-state index in [1.54, 1.807) is 13.8 Å². The van der Waals surface area contributed by atoms with Crippen LogP contribution in [0.5, 0.6) is 0 Å². The van der Waals surface area contributed by atoms with Crippen molar-refractivity contribution in [2.24, 2.45) is 0 Å². The normalized spacial score (nSPS) is 19.0. The van der Waals surface area contributed by atoms with Crippen molar-refractivity contribution < 1.29 is 9.59 Å². The van der Waals surface area contributed by atoms with Crippen LogP contribution in [0.4, 0.5) is 11.4 Å². The zero-order valence-corrected chi connectivity index (χ0v) is 16.1. The first kappa shape index (κ1) is 18.2. The molecule has 0 bridgehead atoms. The first-order valence-electron chi connectivity index (χ1n) is 9.06. The minimum Gasteiger partial charge on any atom is -0.309 e. The van der Waals surface area contributed by atoms with E-state index in [9.17, 15) is 9.59 Å².